The van der Waals surface area contributed by atoms with Crippen molar-refractivity contribution in [1.29, 1.82) is 0 Å². The number of amides is 3. The Hall–Kier alpha value is -3.36. The number of nitrogens with zero attached hydrogens (tertiary/aromatic N) is 3. The molecule has 230 valence electrons. The van der Waals surface area contributed by atoms with Gasteiger partial charge in [0.25, 0.3) is 0 Å². The second kappa shape index (κ2) is 11.5. The highest BCUT2D eigenvalue weighted by Crippen LogP contribution is 2.66. The maximum atomic E-state index is 15.0. The van der Waals surface area contributed by atoms with E-state index >= 15 is 0 Å². The summed E-state index contributed by atoms with van der Waals surface area (Å²) in [6.07, 6.45) is 14.0. The van der Waals surface area contributed by atoms with Crippen LogP contribution in [0.4, 0.5) is 5.69 Å². The molecule has 1 aliphatic carbocycles. The number of hydrogen-bond acceptors (Lipinski definition) is 5. The van der Waals surface area contributed by atoms with E-state index in [0.717, 1.165) is 36.9 Å². The molecule has 0 aromatic heterocycles. The zero-order valence-corrected chi connectivity index (χ0v) is 26.1. The molecule has 2 aromatic carbocycles. The van der Waals surface area contributed by atoms with Gasteiger partial charge in [-0.3, -0.25) is 14.4 Å². The first-order valence-electron chi connectivity index (χ1n) is 16.1. The molecule has 3 fully saturated rings. The molecule has 1 N–H and O–H groups in total. The maximum absolute atomic E-state index is 15.0. The Morgan fingerprint density at radius 1 is 0.841 bits per heavy atom. The molecule has 44 heavy (non-hydrogen) atoms. The molecule has 1 unspecified atom stereocenters. The van der Waals surface area contributed by atoms with E-state index in [4.69, 9.17) is 0 Å². The number of hydrogen-bond donors (Lipinski definition) is 1. The van der Waals surface area contributed by atoms with Crippen molar-refractivity contribution < 1.29 is 19.5 Å². The van der Waals surface area contributed by atoms with Gasteiger partial charge >= 0.3 is 0 Å². The van der Waals surface area contributed by atoms with Crippen LogP contribution in [0.2, 0.25) is 0 Å². The third kappa shape index (κ3) is 4.64. The van der Waals surface area contributed by atoms with Crippen LogP contribution in [0.25, 0.3) is 0 Å². The summed E-state index contributed by atoms with van der Waals surface area (Å²) in [6.45, 7) is 2.72. The van der Waals surface area contributed by atoms with Gasteiger partial charge in [0.05, 0.1) is 29.2 Å². The van der Waals surface area contributed by atoms with E-state index in [1.54, 1.807) is 21.6 Å². The molecule has 0 bridgehead atoms. The van der Waals surface area contributed by atoms with Crippen molar-refractivity contribution >= 4 is 35.2 Å². The Bertz CT molecular complexity index is 1470. The van der Waals surface area contributed by atoms with Gasteiger partial charge in [0, 0.05) is 29.6 Å². The van der Waals surface area contributed by atoms with Gasteiger partial charge in [0.1, 0.15) is 6.04 Å². The number of para-hydroxylation sites is 1. The van der Waals surface area contributed by atoms with Crippen molar-refractivity contribution in [3.63, 3.8) is 0 Å². The minimum Gasteiger partial charge on any atom is -0.394 e. The fourth-order valence-corrected chi connectivity index (χ4v) is 10.7. The molecule has 3 amide bonds. The number of likely N-dealkylation sites (tertiary alicyclic amines) is 1. The van der Waals surface area contributed by atoms with Crippen LogP contribution in [0.5, 0.6) is 0 Å². The minimum absolute atomic E-state index is 0.0480. The second-order valence-electron chi connectivity index (χ2n) is 13.1. The van der Waals surface area contributed by atoms with E-state index in [1.165, 1.54) is 6.42 Å². The number of carbonyl (C=O) groups excluding carboxylic acids is 3. The van der Waals surface area contributed by atoms with E-state index in [2.05, 4.69) is 25.2 Å². The quantitative estimate of drug-likeness (QED) is 0.483. The summed E-state index contributed by atoms with van der Waals surface area (Å²) in [6, 6.07) is 18.2. The molecule has 1 saturated carbocycles. The maximum Gasteiger partial charge on any atom is 0.247 e. The fraction of sp³-hybridized carbons (Fsp3) is 0.472. The van der Waals surface area contributed by atoms with Crippen LogP contribution in [0.3, 0.4) is 0 Å². The molecule has 4 aliphatic heterocycles. The van der Waals surface area contributed by atoms with Crippen LogP contribution < -0.4 is 4.90 Å². The first-order chi connectivity index (χ1) is 21.4. The fourth-order valence-electron chi connectivity index (χ4n) is 8.57. The molecule has 5 aliphatic rings. The Labute approximate surface area is 264 Å². The summed E-state index contributed by atoms with van der Waals surface area (Å²) < 4.78 is -1.61. The summed E-state index contributed by atoms with van der Waals surface area (Å²) in [4.78, 5) is 50.0. The zero-order valence-electron chi connectivity index (χ0n) is 25.3. The number of aliphatic hydroxyl groups excluding tert-OH is 1. The molecule has 7 rings (SSSR count). The minimum atomic E-state index is -0.930. The number of rotatable bonds is 6. The first-order valence-corrected chi connectivity index (χ1v) is 16.9. The Balaban J connectivity index is 1.34. The largest absolute Gasteiger partial charge is 0.394 e. The van der Waals surface area contributed by atoms with Gasteiger partial charge in [-0.2, -0.15) is 0 Å². The molecule has 7 nitrogen and oxygen atoms in total. The van der Waals surface area contributed by atoms with Crippen molar-refractivity contribution in [2.75, 3.05) is 24.6 Å². The van der Waals surface area contributed by atoms with Gasteiger partial charge in [0.2, 0.25) is 17.7 Å². The van der Waals surface area contributed by atoms with Gasteiger partial charge in [-0.05, 0) is 43.9 Å². The summed E-state index contributed by atoms with van der Waals surface area (Å²) >= 11 is 1.61. The van der Waals surface area contributed by atoms with Crippen LogP contribution in [0, 0.1) is 11.8 Å². The number of fused-ring (bicyclic) bond motifs is 2. The molecule has 1 spiro atoms. The molecule has 2 saturated heterocycles. The van der Waals surface area contributed by atoms with Crippen LogP contribution in [0.1, 0.15) is 44.6 Å². The molecule has 6 atom stereocenters. The molecular formula is C36H41N3O4S. The standard InChI is InChI=1S/C36H41N3O4S/c1-35-19-11-21-37(26-15-7-3-8-16-26)32(41)29(35)30-33(42)39(28(24-40)23-25-13-5-2-6-14-25)31-34(43)38(27-17-9-4-10-18-27)22-12-20-36(30,31)44-35/h2-3,5-8,11-16,19-20,27-31,40H,4,9-10,17-18,21-24H2,1H3/t28-,29+,30+,31?,35-,36+/m1/s1. The van der Waals surface area contributed by atoms with Crippen LogP contribution in [-0.2, 0) is 20.8 Å². The van der Waals surface area contributed by atoms with Gasteiger partial charge in [-0.25, -0.2) is 0 Å². The van der Waals surface area contributed by atoms with Crippen LogP contribution in [-0.4, -0.2) is 79.9 Å². The monoisotopic (exact) mass is 611 g/mol. The molecule has 4 heterocycles. The Kier molecular flexibility index (Phi) is 7.69. The third-order valence-electron chi connectivity index (χ3n) is 10.5. The normalized spacial score (nSPS) is 32.7. The van der Waals surface area contributed by atoms with Gasteiger partial charge in [0.15, 0.2) is 0 Å². The van der Waals surface area contributed by atoms with Gasteiger partial charge < -0.3 is 19.8 Å². The van der Waals surface area contributed by atoms with Crippen molar-refractivity contribution in [2.24, 2.45) is 11.8 Å². The molecule has 8 heteroatoms. The average molecular weight is 612 g/mol. The molecular weight excluding hydrogens is 570 g/mol. The van der Waals surface area contributed by atoms with E-state index in [0.29, 0.717) is 19.5 Å². The highest BCUT2D eigenvalue weighted by Gasteiger charge is 2.74. The molecule has 0 radical (unpaired) electrons. The van der Waals surface area contributed by atoms with Crippen molar-refractivity contribution in [1.82, 2.24) is 9.80 Å². The second-order valence-corrected chi connectivity index (χ2v) is 14.9. The first kappa shape index (κ1) is 29.4. The van der Waals surface area contributed by atoms with Crippen LogP contribution in [0.15, 0.2) is 85.0 Å². The number of thioether (sulfide) groups is 1. The third-order valence-corrected chi connectivity index (χ3v) is 12.3. The predicted octanol–water partition coefficient (Wildman–Crippen LogP) is 4.61. The van der Waals surface area contributed by atoms with Crippen molar-refractivity contribution in [3.8, 4) is 0 Å². The highest BCUT2D eigenvalue weighted by molar-refractivity contribution is 8.02. The summed E-state index contributed by atoms with van der Waals surface area (Å²) in [5, 5.41) is 10.8. The summed E-state index contributed by atoms with van der Waals surface area (Å²) in [5.74, 6) is -1.74. The lowest BCUT2D eigenvalue weighted by molar-refractivity contribution is -0.147. The van der Waals surface area contributed by atoms with E-state index < -0.39 is 33.4 Å². The topological polar surface area (TPSA) is 81.2 Å². The van der Waals surface area contributed by atoms with E-state index in [-0.39, 0.29) is 30.4 Å². The number of anilines is 1. The number of carbonyl (C=O) groups is 3. The summed E-state index contributed by atoms with van der Waals surface area (Å²) in [5.41, 5.74) is 1.79. The van der Waals surface area contributed by atoms with Crippen molar-refractivity contribution in [3.05, 3.63) is 90.5 Å². The average Bonchev–Trinajstić information content (AvgIpc) is 3.32. The summed E-state index contributed by atoms with van der Waals surface area (Å²) in [7, 11) is 0. The SMILES string of the molecule is C[C@@]12C=CCN(c3ccccc3)C(=O)[C@@H]1[C@H]1C(=O)N([C@@H](CO)Cc3ccccc3)C3C(=O)N(C4CCCCC4)CC=C[C@@]31S2. The van der Waals surface area contributed by atoms with Crippen molar-refractivity contribution in [2.45, 2.75) is 73.1 Å². The lowest BCUT2D eigenvalue weighted by atomic mass is 9.74. The van der Waals surface area contributed by atoms with E-state index in [1.807, 2.05) is 71.6 Å². The van der Waals surface area contributed by atoms with Gasteiger partial charge in [-0.1, -0.05) is 92.1 Å². The number of benzene rings is 2. The predicted molar refractivity (Wildman–Crippen MR) is 173 cm³/mol. The Morgan fingerprint density at radius 3 is 2.23 bits per heavy atom. The number of aliphatic hydroxyl groups is 1. The lowest BCUT2D eigenvalue weighted by Gasteiger charge is -2.42. The smallest absolute Gasteiger partial charge is 0.247 e. The van der Waals surface area contributed by atoms with Crippen LogP contribution >= 0.6 is 11.8 Å². The van der Waals surface area contributed by atoms with Gasteiger partial charge in [-0.15, -0.1) is 11.8 Å². The highest BCUT2D eigenvalue weighted by atomic mass is 32.2. The molecule has 2 aromatic rings. The Morgan fingerprint density at radius 2 is 1.52 bits per heavy atom. The lowest BCUT2D eigenvalue weighted by Crippen LogP contribution is -2.58. The zero-order chi connectivity index (χ0) is 30.5. The van der Waals surface area contributed by atoms with E-state index in [9.17, 15) is 19.5 Å².